The smallest absolute Gasteiger partial charge is 0.332 e. The molecule has 0 radical (unpaired) electrons. The third-order valence-electron chi connectivity index (χ3n) is 8.82. The maximum Gasteiger partial charge on any atom is 0.332 e. The molecular weight excluding hydrogens is 503 g/mol. The van der Waals surface area contributed by atoms with Crippen LogP contribution in [0, 0.1) is 0 Å². The van der Waals surface area contributed by atoms with Crippen LogP contribution in [0.1, 0.15) is 0 Å². The van der Waals surface area contributed by atoms with E-state index in [1.165, 1.54) is 38.4 Å². The Hall–Kier alpha value is -5.42. The van der Waals surface area contributed by atoms with Gasteiger partial charge < -0.3 is 18.5 Å². The second kappa shape index (κ2) is 7.61. The normalized spacial score (nSPS) is 13.5. The molecule has 0 amide bonds. The number of nitrogens with zero attached hydrogens (tertiary/aromatic N) is 2. The van der Waals surface area contributed by atoms with Crippen molar-refractivity contribution < 1.29 is 9.15 Å². The molecule has 2 aromatic heterocycles. The number of furan rings is 1. The van der Waals surface area contributed by atoms with Crippen LogP contribution >= 0.6 is 0 Å². The predicted octanol–water partition coefficient (Wildman–Crippen LogP) is 8.05. The summed E-state index contributed by atoms with van der Waals surface area (Å²) in [6, 6.07) is 45.1. The van der Waals surface area contributed by atoms with E-state index < -0.39 is 0 Å². The largest absolute Gasteiger partial charge is 0.454 e. The summed E-state index contributed by atoms with van der Waals surface area (Å²) in [5, 5.41) is 4.72. The van der Waals surface area contributed by atoms with Gasteiger partial charge in [-0.1, -0.05) is 84.9 Å². The van der Waals surface area contributed by atoms with E-state index in [2.05, 4.69) is 119 Å². The highest BCUT2D eigenvalue weighted by atomic mass is 16.5. The van der Waals surface area contributed by atoms with Gasteiger partial charge in [0.1, 0.15) is 17.0 Å². The van der Waals surface area contributed by atoms with E-state index in [0.717, 1.165) is 44.8 Å². The van der Waals surface area contributed by atoms with Crippen LogP contribution in [0.4, 0.5) is 11.4 Å². The van der Waals surface area contributed by atoms with Gasteiger partial charge in [-0.2, -0.15) is 0 Å². The zero-order chi connectivity index (χ0) is 26.7. The van der Waals surface area contributed by atoms with E-state index in [0.29, 0.717) is 0 Å². The maximum atomic E-state index is 6.64. The van der Waals surface area contributed by atoms with Gasteiger partial charge in [0.05, 0.1) is 16.7 Å². The minimum Gasteiger partial charge on any atom is -0.454 e. The number of hydrogen-bond acceptors (Lipinski definition) is 3. The van der Waals surface area contributed by atoms with Crippen LogP contribution in [0.2, 0.25) is 0 Å². The number of anilines is 2. The molecule has 0 saturated carbocycles. The third kappa shape index (κ3) is 2.66. The fourth-order valence-corrected chi connectivity index (χ4v) is 7.20. The monoisotopic (exact) mass is 524 g/mol. The van der Waals surface area contributed by atoms with E-state index in [9.17, 15) is 0 Å². The first-order valence-corrected chi connectivity index (χ1v) is 14.0. The molecule has 0 atom stereocenters. The minimum absolute atomic E-state index is 0.102. The van der Waals surface area contributed by atoms with Crippen molar-refractivity contribution in [3.63, 3.8) is 0 Å². The minimum atomic E-state index is -0.102. The summed E-state index contributed by atoms with van der Waals surface area (Å²) in [5.41, 5.74) is 9.87. The van der Waals surface area contributed by atoms with E-state index in [1.54, 1.807) is 0 Å². The number of benzene rings is 6. The summed E-state index contributed by atoms with van der Waals surface area (Å²) in [4.78, 5) is 2.45. The van der Waals surface area contributed by atoms with Gasteiger partial charge in [0, 0.05) is 27.2 Å². The lowest BCUT2D eigenvalue weighted by molar-refractivity contribution is 0.477. The fraction of sp³-hybridized carbons (Fsp3) is 0. The summed E-state index contributed by atoms with van der Waals surface area (Å²) in [6.07, 6.45) is 0. The molecular formula is C36H21BN2O2. The molecule has 10 rings (SSSR count). The Morgan fingerprint density at radius 1 is 0.512 bits per heavy atom. The molecule has 190 valence electrons. The molecule has 0 spiro atoms. The van der Waals surface area contributed by atoms with Crippen LogP contribution in [0.15, 0.2) is 132 Å². The fourth-order valence-electron chi connectivity index (χ4n) is 7.20. The number of aromatic nitrogens is 1. The van der Waals surface area contributed by atoms with Crippen molar-refractivity contribution in [3.05, 3.63) is 127 Å². The van der Waals surface area contributed by atoms with Crippen molar-refractivity contribution in [3.8, 4) is 17.2 Å². The molecule has 0 saturated heterocycles. The lowest BCUT2D eigenvalue weighted by Crippen LogP contribution is -2.58. The highest BCUT2D eigenvalue weighted by Gasteiger charge is 2.42. The lowest BCUT2D eigenvalue weighted by Gasteiger charge is -2.39. The average Bonchev–Trinajstić information content (AvgIpc) is 3.58. The number of ether oxygens (including phenoxy) is 1. The van der Waals surface area contributed by atoms with E-state index >= 15 is 0 Å². The maximum absolute atomic E-state index is 6.64. The van der Waals surface area contributed by atoms with Crippen LogP contribution in [-0.4, -0.2) is 11.4 Å². The Labute approximate surface area is 235 Å². The third-order valence-corrected chi connectivity index (χ3v) is 8.82. The second-order valence-corrected chi connectivity index (χ2v) is 10.9. The SMILES string of the molecule is c1ccc2c(c1)Oc1ccc3c(oc4ccccc43)c1N2B1c2ccccc2-n2c3ccccc3c3cccc1c32. The Bertz CT molecular complexity index is 2380. The zero-order valence-corrected chi connectivity index (χ0v) is 21.9. The lowest BCUT2D eigenvalue weighted by atomic mass is 9.46. The van der Waals surface area contributed by atoms with Crippen LogP contribution in [0.3, 0.4) is 0 Å². The van der Waals surface area contributed by atoms with E-state index in [-0.39, 0.29) is 6.85 Å². The number of hydrogen-bond donors (Lipinski definition) is 0. The highest BCUT2D eigenvalue weighted by molar-refractivity contribution is 6.92. The molecule has 0 N–H and O–H groups in total. The number of fused-ring (bicyclic) bond motifs is 11. The van der Waals surface area contributed by atoms with Crippen molar-refractivity contribution in [2.45, 2.75) is 0 Å². The molecule has 6 aromatic carbocycles. The molecule has 0 fully saturated rings. The molecule has 2 aliphatic heterocycles. The summed E-state index contributed by atoms with van der Waals surface area (Å²) in [6.45, 7) is -0.102. The standard InChI is InChI=1S/C36H21BN2O2/c1-4-15-28-22(10-1)24-12-9-14-27-34(24)38(28)29-16-5-3-13-26(29)37(27)39-30-17-6-8-19-32(30)40-33-21-20-25-23-11-2-7-18-31(23)41-36(25)35(33)39/h1-21H. The van der Waals surface area contributed by atoms with Gasteiger partial charge in [0.25, 0.3) is 0 Å². The summed E-state index contributed by atoms with van der Waals surface area (Å²) >= 11 is 0. The van der Waals surface area contributed by atoms with Gasteiger partial charge in [-0.25, -0.2) is 0 Å². The van der Waals surface area contributed by atoms with Crippen LogP contribution < -0.4 is 20.5 Å². The van der Waals surface area contributed by atoms with Crippen molar-refractivity contribution in [1.82, 2.24) is 4.57 Å². The summed E-state index contributed by atoms with van der Waals surface area (Å²) in [7, 11) is 0. The molecule has 41 heavy (non-hydrogen) atoms. The van der Waals surface area contributed by atoms with Gasteiger partial charge in [-0.3, -0.25) is 0 Å². The average molecular weight is 524 g/mol. The number of rotatable bonds is 1. The predicted molar refractivity (Wildman–Crippen MR) is 168 cm³/mol. The molecule has 8 aromatic rings. The highest BCUT2D eigenvalue weighted by Crippen LogP contribution is 2.52. The summed E-state index contributed by atoms with van der Waals surface area (Å²) in [5.74, 6) is 1.64. The molecule has 4 nitrogen and oxygen atoms in total. The molecule has 0 unspecified atom stereocenters. The summed E-state index contributed by atoms with van der Waals surface area (Å²) < 4.78 is 15.7. The van der Waals surface area contributed by atoms with Crippen LogP contribution in [0.5, 0.6) is 11.5 Å². The first-order valence-electron chi connectivity index (χ1n) is 14.0. The topological polar surface area (TPSA) is 30.5 Å². The molecule has 2 aliphatic rings. The van der Waals surface area contributed by atoms with Crippen molar-refractivity contribution in [2.24, 2.45) is 0 Å². The number of para-hydroxylation sites is 6. The zero-order valence-electron chi connectivity index (χ0n) is 21.9. The van der Waals surface area contributed by atoms with Crippen molar-refractivity contribution in [2.75, 3.05) is 4.81 Å². The molecule has 0 bridgehead atoms. The van der Waals surface area contributed by atoms with Crippen molar-refractivity contribution >= 4 is 72.9 Å². The van der Waals surface area contributed by atoms with E-state index in [1.807, 2.05) is 18.2 Å². The molecule has 4 heterocycles. The van der Waals surface area contributed by atoms with Crippen LogP contribution in [0.25, 0.3) is 49.4 Å². The Morgan fingerprint density at radius 3 is 2.20 bits per heavy atom. The molecule has 5 heteroatoms. The Kier molecular flexibility index (Phi) is 3.98. The van der Waals surface area contributed by atoms with Gasteiger partial charge in [0.2, 0.25) is 0 Å². The van der Waals surface area contributed by atoms with Gasteiger partial charge in [0.15, 0.2) is 11.3 Å². The first kappa shape index (κ1) is 21.4. The Balaban J connectivity index is 1.37. The molecule has 0 aliphatic carbocycles. The van der Waals surface area contributed by atoms with E-state index in [4.69, 9.17) is 9.15 Å². The first-order chi connectivity index (χ1) is 20.4. The quantitative estimate of drug-likeness (QED) is 0.204. The second-order valence-electron chi connectivity index (χ2n) is 10.9. The van der Waals surface area contributed by atoms with Gasteiger partial charge in [-0.15, -0.1) is 0 Å². The Morgan fingerprint density at radius 2 is 1.24 bits per heavy atom. The van der Waals surface area contributed by atoms with Crippen molar-refractivity contribution in [1.29, 1.82) is 0 Å². The van der Waals surface area contributed by atoms with Gasteiger partial charge >= 0.3 is 6.85 Å². The van der Waals surface area contributed by atoms with Gasteiger partial charge in [-0.05, 0) is 53.4 Å². The van der Waals surface area contributed by atoms with Crippen LogP contribution in [-0.2, 0) is 0 Å².